The largest absolute Gasteiger partial charge is 0.395 e. The van der Waals surface area contributed by atoms with Crippen LogP contribution in [-0.4, -0.2) is 29.0 Å². The van der Waals surface area contributed by atoms with Crippen molar-refractivity contribution in [2.24, 2.45) is 5.73 Å². The van der Waals surface area contributed by atoms with Crippen LogP contribution in [-0.2, 0) is 0 Å². The van der Waals surface area contributed by atoms with E-state index in [1.807, 2.05) is 6.08 Å². The van der Waals surface area contributed by atoms with E-state index in [-0.39, 0.29) is 6.61 Å². The summed E-state index contributed by atoms with van der Waals surface area (Å²) in [7, 11) is 0. The van der Waals surface area contributed by atoms with E-state index < -0.39 is 12.1 Å². The van der Waals surface area contributed by atoms with Crippen molar-refractivity contribution in [1.29, 1.82) is 0 Å². The first-order valence-corrected chi connectivity index (χ1v) is 3.99. The molecule has 64 valence electrons. The van der Waals surface area contributed by atoms with Crippen LogP contribution in [0.5, 0.6) is 0 Å². The molecule has 0 aromatic carbocycles. The number of hydrogen-bond acceptors (Lipinski definition) is 3. The quantitative estimate of drug-likeness (QED) is 0.496. The topological polar surface area (TPSA) is 66.5 Å². The van der Waals surface area contributed by atoms with Gasteiger partial charge in [0.1, 0.15) is 0 Å². The molecule has 0 heterocycles. The Morgan fingerprint density at radius 1 is 1.64 bits per heavy atom. The van der Waals surface area contributed by atoms with Crippen molar-refractivity contribution in [1.82, 2.24) is 0 Å². The molecule has 1 aliphatic rings. The molecule has 1 rings (SSSR count). The average Bonchev–Trinajstić information content (AvgIpc) is 2.53. The number of aliphatic hydroxyl groups excluding tert-OH is 2. The van der Waals surface area contributed by atoms with Gasteiger partial charge in [-0.2, -0.15) is 0 Å². The van der Waals surface area contributed by atoms with Gasteiger partial charge in [-0.3, -0.25) is 0 Å². The molecule has 4 N–H and O–H groups in total. The van der Waals surface area contributed by atoms with Crippen molar-refractivity contribution in [3.8, 4) is 0 Å². The van der Waals surface area contributed by atoms with E-state index in [4.69, 9.17) is 10.8 Å². The van der Waals surface area contributed by atoms with E-state index in [1.165, 1.54) is 0 Å². The zero-order valence-electron chi connectivity index (χ0n) is 6.53. The van der Waals surface area contributed by atoms with Crippen molar-refractivity contribution >= 4 is 0 Å². The Labute approximate surface area is 66.5 Å². The minimum Gasteiger partial charge on any atom is -0.395 e. The van der Waals surface area contributed by atoms with Gasteiger partial charge in [0.25, 0.3) is 0 Å². The van der Waals surface area contributed by atoms with Crippen molar-refractivity contribution < 1.29 is 10.2 Å². The highest BCUT2D eigenvalue weighted by molar-refractivity contribution is 5.14. The Morgan fingerprint density at radius 3 is 2.82 bits per heavy atom. The van der Waals surface area contributed by atoms with Gasteiger partial charge in [0.2, 0.25) is 0 Å². The zero-order valence-corrected chi connectivity index (χ0v) is 6.53. The first-order chi connectivity index (χ1) is 5.25. The van der Waals surface area contributed by atoms with Gasteiger partial charge in [-0.15, -0.1) is 0 Å². The third-order valence-electron chi connectivity index (χ3n) is 2.07. The molecular formula is C8H15NO2. The number of nitrogens with two attached hydrogens (primary N) is 1. The van der Waals surface area contributed by atoms with Crippen LogP contribution in [0.4, 0.5) is 0 Å². The fraction of sp³-hybridized carbons (Fsp3) is 0.750. The molecule has 0 spiro atoms. The van der Waals surface area contributed by atoms with Crippen molar-refractivity contribution in [3.05, 3.63) is 11.6 Å². The molecule has 11 heavy (non-hydrogen) atoms. The van der Waals surface area contributed by atoms with E-state index in [2.05, 4.69) is 0 Å². The van der Waals surface area contributed by atoms with E-state index in [1.54, 1.807) is 0 Å². The van der Waals surface area contributed by atoms with Crippen LogP contribution >= 0.6 is 0 Å². The zero-order chi connectivity index (χ0) is 8.27. The highest BCUT2D eigenvalue weighted by atomic mass is 16.3. The minimum atomic E-state index is -0.637. The summed E-state index contributed by atoms with van der Waals surface area (Å²) in [6, 6.07) is -0.514. The van der Waals surface area contributed by atoms with Gasteiger partial charge in [0, 0.05) is 0 Å². The Morgan fingerprint density at radius 2 is 2.36 bits per heavy atom. The molecule has 0 saturated carbocycles. The van der Waals surface area contributed by atoms with Gasteiger partial charge >= 0.3 is 0 Å². The maximum absolute atomic E-state index is 9.46. The van der Waals surface area contributed by atoms with Crippen LogP contribution in [0.1, 0.15) is 19.3 Å². The summed E-state index contributed by atoms with van der Waals surface area (Å²) in [4.78, 5) is 0. The summed E-state index contributed by atoms with van der Waals surface area (Å²) in [6.07, 6.45) is 4.44. The number of hydrogen-bond donors (Lipinski definition) is 3. The van der Waals surface area contributed by atoms with Crippen molar-refractivity contribution in [2.45, 2.75) is 31.4 Å². The molecule has 0 radical (unpaired) electrons. The molecule has 1 unspecified atom stereocenters. The first-order valence-electron chi connectivity index (χ1n) is 3.99. The Balaban J connectivity index is 2.45. The van der Waals surface area contributed by atoms with Gasteiger partial charge in [-0.05, 0) is 24.8 Å². The third kappa shape index (κ3) is 2.02. The molecule has 1 aliphatic carbocycles. The molecule has 0 amide bonds. The maximum atomic E-state index is 9.46. The highest BCUT2D eigenvalue weighted by Gasteiger charge is 2.19. The SMILES string of the molecule is N[C@@H](CO)C(O)C1=CCCC1. The number of rotatable bonds is 3. The lowest BCUT2D eigenvalue weighted by Crippen LogP contribution is -2.38. The van der Waals surface area contributed by atoms with Crippen LogP contribution < -0.4 is 5.73 Å². The van der Waals surface area contributed by atoms with Crippen LogP contribution in [0.25, 0.3) is 0 Å². The van der Waals surface area contributed by atoms with Crippen LogP contribution in [0.15, 0.2) is 11.6 Å². The van der Waals surface area contributed by atoms with Crippen molar-refractivity contribution in [3.63, 3.8) is 0 Å². The summed E-state index contributed by atoms with van der Waals surface area (Å²) < 4.78 is 0. The van der Waals surface area contributed by atoms with Gasteiger partial charge in [0.05, 0.1) is 18.8 Å². The lowest BCUT2D eigenvalue weighted by atomic mass is 10.0. The summed E-state index contributed by atoms with van der Waals surface area (Å²) >= 11 is 0. The minimum absolute atomic E-state index is 0.154. The molecule has 0 aromatic heterocycles. The second-order valence-corrected chi connectivity index (χ2v) is 2.96. The third-order valence-corrected chi connectivity index (χ3v) is 2.07. The molecule has 0 aromatic rings. The molecule has 3 heteroatoms. The maximum Gasteiger partial charge on any atom is 0.0923 e. The standard InChI is InChI=1S/C8H15NO2/c9-7(5-10)8(11)6-3-1-2-4-6/h3,7-8,10-11H,1-2,4-5,9H2/t7-,8?/m0/s1. The van der Waals surface area contributed by atoms with Gasteiger partial charge < -0.3 is 15.9 Å². The summed E-state index contributed by atoms with van der Waals surface area (Å²) in [5.74, 6) is 0. The molecule has 0 aliphatic heterocycles. The summed E-state index contributed by atoms with van der Waals surface area (Å²) in [5, 5.41) is 18.1. The van der Waals surface area contributed by atoms with Crippen LogP contribution in [0.3, 0.4) is 0 Å². The van der Waals surface area contributed by atoms with Crippen molar-refractivity contribution in [2.75, 3.05) is 6.61 Å². The molecule has 3 nitrogen and oxygen atoms in total. The predicted molar refractivity (Wildman–Crippen MR) is 43.0 cm³/mol. The van der Waals surface area contributed by atoms with Gasteiger partial charge in [0.15, 0.2) is 0 Å². The predicted octanol–water partition coefficient (Wildman–Crippen LogP) is -0.223. The normalized spacial score (nSPS) is 23.0. The summed E-state index contributed by atoms with van der Waals surface area (Å²) in [6.45, 7) is -0.154. The van der Waals surface area contributed by atoms with E-state index in [9.17, 15) is 5.11 Å². The fourth-order valence-corrected chi connectivity index (χ4v) is 1.34. The Hall–Kier alpha value is -0.380. The Kier molecular flexibility index (Phi) is 3.05. The number of allylic oxidation sites excluding steroid dienone is 1. The molecule has 0 saturated heterocycles. The van der Waals surface area contributed by atoms with Crippen LogP contribution in [0, 0.1) is 0 Å². The lowest BCUT2D eigenvalue weighted by molar-refractivity contribution is 0.134. The summed E-state index contributed by atoms with van der Waals surface area (Å²) in [5.41, 5.74) is 6.45. The highest BCUT2D eigenvalue weighted by Crippen LogP contribution is 2.21. The van der Waals surface area contributed by atoms with Gasteiger partial charge in [-0.25, -0.2) is 0 Å². The van der Waals surface area contributed by atoms with Gasteiger partial charge in [-0.1, -0.05) is 6.08 Å². The van der Waals surface area contributed by atoms with E-state index in [0.29, 0.717) is 0 Å². The first kappa shape index (κ1) is 8.71. The number of aliphatic hydroxyl groups is 2. The van der Waals surface area contributed by atoms with E-state index >= 15 is 0 Å². The molecular weight excluding hydrogens is 142 g/mol. The molecule has 0 bridgehead atoms. The lowest BCUT2D eigenvalue weighted by Gasteiger charge is -2.17. The smallest absolute Gasteiger partial charge is 0.0923 e. The van der Waals surface area contributed by atoms with Crippen LogP contribution in [0.2, 0.25) is 0 Å². The Bertz CT molecular complexity index is 156. The monoisotopic (exact) mass is 157 g/mol. The average molecular weight is 157 g/mol. The fourth-order valence-electron chi connectivity index (χ4n) is 1.34. The molecule has 2 atom stereocenters. The van der Waals surface area contributed by atoms with E-state index in [0.717, 1.165) is 24.8 Å². The second-order valence-electron chi connectivity index (χ2n) is 2.96. The molecule has 0 fully saturated rings. The second kappa shape index (κ2) is 3.85.